The molecule has 0 fully saturated rings. The number of carbonyl (C=O) groups excluding carboxylic acids is 4. The quantitative estimate of drug-likeness (QED) is 0.0222. The van der Waals surface area contributed by atoms with Crippen LogP contribution in [0.3, 0.4) is 0 Å². The summed E-state index contributed by atoms with van der Waals surface area (Å²) < 4.78 is 68.6. The molecular weight excluding hydrogens is 1270 g/mol. The Kier molecular flexibility index (Phi) is 68.4. The summed E-state index contributed by atoms with van der Waals surface area (Å²) in [6, 6.07) is 0. The van der Waals surface area contributed by atoms with Gasteiger partial charge in [0.15, 0.2) is 12.2 Å². The van der Waals surface area contributed by atoms with E-state index in [0.717, 1.165) is 102 Å². The summed E-state index contributed by atoms with van der Waals surface area (Å²) in [5.41, 5.74) is 0. The number of hydrogen-bond donors (Lipinski definition) is 3. The van der Waals surface area contributed by atoms with E-state index in [0.29, 0.717) is 31.6 Å². The van der Waals surface area contributed by atoms with Gasteiger partial charge < -0.3 is 33.8 Å². The maximum Gasteiger partial charge on any atom is 0.472 e. The van der Waals surface area contributed by atoms with E-state index in [1.54, 1.807) is 0 Å². The molecule has 3 N–H and O–H groups in total. The average molecular weight is 1420 g/mol. The lowest BCUT2D eigenvalue weighted by atomic mass is 9.99. The third kappa shape index (κ3) is 70.9. The zero-order valence-corrected chi connectivity index (χ0v) is 65.2. The second-order valence-corrected chi connectivity index (χ2v) is 31.7. The number of aliphatic hydroxyl groups excluding tert-OH is 1. The Hall–Kier alpha value is -1.94. The molecule has 3 unspecified atom stereocenters. The molecule has 576 valence electrons. The fraction of sp³-hybridized carbons (Fsp3) is 0.949. The Morgan fingerprint density at radius 1 is 0.299 bits per heavy atom. The molecule has 0 aromatic heterocycles. The fourth-order valence-electron chi connectivity index (χ4n) is 12.0. The van der Waals surface area contributed by atoms with E-state index in [1.807, 2.05) is 0 Å². The van der Waals surface area contributed by atoms with Crippen molar-refractivity contribution in [3.8, 4) is 0 Å². The summed E-state index contributed by atoms with van der Waals surface area (Å²) in [6.07, 6.45) is 58.4. The summed E-state index contributed by atoms with van der Waals surface area (Å²) in [4.78, 5) is 72.9. The zero-order chi connectivity index (χ0) is 71.4. The smallest absolute Gasteiger partial charge is 0.462 e. The topological polar surface area (TPSA) is 237 Å². The predicted octanol–water partition coefficient (Wildman–Crippen LogP) is 23.1. The van der Waals surface area contributed by atoms with E-state index in [1.165, 1.54) is 218 Å². The molecule has 0 bridgehead atoms. The van der Waals surface area contributed by atoms with Crippen LogP contribution in [-0.4, -0.2) is 96.7 Å². The Morgan fingerprint density at radius 3 is 0.784 bits per heavy atom. The Bertz CT molecular complexity index is 1870. The molecule has 0 heterocycles. The number of hydrogen-bond acceptors (Lipinski definition) is 15. The molecule has 6 atom stereocenters. The van der Waals surface area contributed by atoms with Gasteiger partial charge in [-0.1, -0.05) is 356 Å². The van der Waals surface area contributed by atoms with Crippen molar-refractivity contribution in [3.05, 3.63) is 0 Å². The summed E-state index contributed by atoms with van der Waals surface area (Å²) in [7, 11) is -9.91. The van der Waals surface area contributed by atoms with E-state index < -0.39 is 97.5 Å². The molecule has 0 aromatic rings. The van der Waals surface area contributed by atoms with Gasteiger partial charge in [0.25, 0.3) is 0 Å². The molecule has 19 heteroatoms. The van der Waals surface area contributed by atoms with Crippen molar-refractivity contribution < 1.29 is 80.2 Å². The minimum Gasteiger partial charge on any atom is -0.462 e. The molecule has 0 saturated carbocycles. The summed E-state index contributed by atoms with van der Waals surface area (Å²) in [6.45, 7) is 9.55. The molecule has 97 heavy (non-hydrogen) atoms. The third-order valence-corrected chi connectivity index (χ3v) is 20.5. The van der Waals surface area contributed by atoms with E-state index >= 15 is 0 Å². The van der Waals surface area contributed by atoms with Crippen LogP contribution >= 0.6 is 15.6 Å². The zero-order valence-electron chi connectivity index (χ0n) is 63.4. The van der Waals surface area contributed by atoms with Crippen molar-refractivity contribution in [2.45, 2.75) is 426 Å². The maximum atomic E-state index is 13.1. The maximum absolute atomic E-state index is 13.1. The van der Waals surface area contributed by atoms with E-state index in [2.05, 4.69) is 41.5 Å². The summed E-state index contributed by atoms with van der Waals surface area (Å²) in [5, 5.41) is 10.6. The monoisotopic (exact) mass is 1420 g/mol. The number of rotatable bonds is 77. The van der Waals surface area contributed by atoms with Gasteiger partial charge in [0, 0.05) is 25.7 Å². The van der Waals surface area contributed by atoms with Crippen LogP contribution in [0.25, 0.3) is 0 Å². The van der Waals surface area contributed by atoms with Crippen LogP contribution < -0.4 is 0 Å². The molecule has 0 aliphatic rings. The van der Waals surface area contributed by atoms with E-state index in [-0.39, 0.29) is 25.7 Å². The van der Waals surface area contributed by atoms with Gasteiger partial charge in [-0.2, -0.15) is 0 Å². The molecule has 0 aromatic carbocycles. The highest BCUT2D eigenvalue weighted by molar-refractivity contribution is 7.47. The van der Waals surface area contributed by atoms with Crippen molar-refractivity contribution in [3.63, 3.8) is 0 Å². The van der Waals surface area contributed by atoms with Crippen LogP contribution in [0, 0.1) is 11.8 Å². The van der Waals surface area contributed by atoms with Crippen LogP contribution in [0.2, 0.25) is 0 Å². The molecule has 0 aliphatic heterocycles. The van der Waals surface area contributed by atoms with Crippen molar-refractivity contribution in [2.24, 2.45) is 11.8 Å². The van der Waals surface area contributed by atoms with Crippen LogP contribution in [0.15, 0.2) is 0 Å². The van der Waals surface area contributed by atoms with Gasteiger partial charge in [-0.25, -0.2) is 9.13 Å². The highest BCUT2D eigenvalue weighted by Crippen LogP contribution is 2.45. The van der Waals surface area contributed by atoms with Gasteiger partial charge in [-0.3, -0.25) is 37.3 Å². The first-order valence-corrected chi connectivity index (χ1v) is 43.5. The van der Waals surface area contributed by atoms with Gasteiger partial charge >= 0.3 is 39.5 Å². The van der Waals surface area contributed by atoms with Gasteiger partial charge in [-0.15, -0.1) is 0 Å². The number of aliphatic hydroxyl groups is 1. The van der Waals surface area contributed by atoms with Crippen LogP contribution in [0.5, 0.6) is 0 Å². The number of ether oxygens (including phenoxy) is 4. The van der Waals surface area contributed by atoms with E-state index in [9.17, 15) is 43.2 Å². The standard InChI is InChI=1S/C78H152O17P2/c1-7-10-12-14-16-18-20-22-24-26-28-30-32-34-36-43-50-56-62-77(82)94-73(66-88-75(80)60-54-48-42-35-33-31-29-27-25-23-21-19-17-15-13-11-8-2)68-92-96(84,85)90-64-72(79)65-91-97(86,87)93-69-74(67-89-76(81)61-55-49-45-39-40-46-52-58-70(4)5)95-78(83)63-57-51-44-38-37-41-47-53-59-71(6)9-3/h70-74,79H,7-69H2,1-6H3,(H,84,85)(H,86,87)/t71?,72-,73-,74-/m1/s1. The predicted molar refractivity (Wildman–Crippen MR) is 395 cm³/mol. The number of carbonyl (C=O) groups is 4. The van der Waals surface area contributed by atoms with Gasteiger partial charge in [0.1, 0.15) is 19.3 Å². The Morgan fingerprint density at radius 2 is 0.526 bits per heavy atom. The first kappa shape index (κ1) is 95.1. The molecule has 17 nitrogen and oxygen atoms in total. The molecule has 0 rings (SSSR count). The summed E-state index contributed by atoms with van der Waals surface area (Å²) >= 11 is 0. The van der Waals surface area contributed by atoms with Crippen molar-refractivity contribution in [1.29, 1.82) is 0 Å². The number of unbranched alkanes of at least 4 members (excludes halogenated alkanes) is 46. The molecule has 0 saturated heterocycles. The molecule has 0 aliphatic carbocycles. The van der Waals surface area contributed by atoms with Crippen molar-refractivity contribution >= 4 is 39.5 Å². The largest absolute Gasteiger partial charge is 0.472 e. The number of phosphoric ester groups is 2. The normalized spacial score (nSPS) is 14.2. The van der Waals surface area contributed by atoms with Crippen molar-refractivity contribution in [1.82, 2.24) is 0 Å². The third-order valence-electron chi connectivity index (χ3n) is 18.6. The Balaban J connectivity index is 5.24. The minimum absolute atomic E-state index is 0.104. The molecule has 0 amide bonds. The van der Waals surface area contributed by atoms with E-state index in [4.69, 9.17) is 37.0 Å². The Labute approximate surface area is 594 Å². The minimum atomic E-state index is -4.96. The lowest BCUT2D eigenvalue weighted by Crippen LogP contribution is -2.30. The second kappa shape index (κ2) is 69.8. The summed E-state index contributed by atoms with van der Waals surface area (Å²) in [5.74, 6) is -0.640. The SMILES string of the molecule is CCCCCCCCCCCCCCCCCCCCC(=O)O[C@H](COC(=O)CCCCCCCCCCCCCCCCCCC)COP(=O)(O)OC[C@@H](O)COP(=O)(O)OC[C@@H](COC(=O)CCCCCCCCCC(C)C)OC(=O)CCCCCCCCCCC(C)CC. The number of phosphoric acid groups is 2. The lowest BCUT2D eigenvalue weighted by molar-refractivity contribution is -0.161. The average Bonchev–Trinajstić information content (AvgIpc) is 1.02. The first-order chi connectivity index (χ1) is 46.9. The van der Waals surface area contributed by atoms with Gasteiger partial charge in [-0.05, 0) is 37.5 Å². The highest BCUT2D eigenvalue weighted by atomic mass is 31.2. The second-order valence-electron chi connectivity index (χ2n) is 28.8. The van der Waals surface area contributed by atoms with Crippen molar-refractivity contribution in [2.75, 3.05) is 39.6 Å². The van der Waals surface area contributed by atoms with Crippen LogP contribution in [0.4, 0.5) is 0 Å². The van der Waals surface area contributed by atoms with Crippen LogP contribution in [-0.2, 0) is 65.4 Å². The van der Waals surface area contributed by atoms with Gasteiger partial charge in [0.2, 0.25) is 0 Å². The first-order valence-electron chi connectivity index (χ1n) is 40.5. The van der Waals surface area contributed by atoms with Crippen LogP contribution in [0.1, 0.15) is 408 Å². The van der Waals surface area contributed by atoms with Gasteiger partial charge in [0.05, 0.1) is 26.4 Å². The number of esters is 4. The molecule has 0 spiro atoms. The highest BCUT2D eigenvalue weighted by Gasteiger charge is 2.30. The molecular formula is C78H152O17P2. The fourth-order valence-corrected chi connectivity index (χ4v) is 13.6. The molecule has 0 radical (unpaired) electrons. The lowest BCUT2D eigenvalue weighted by Gasteiger charge is -2.21.